The molecule has 0 aromatic heterocycles. The Morgan fingerprint density at radius 2 is 2.00 bits per heavy atom. The van der Waals surface area contributed by atoms with Crippen molar-refractivity contribution < 1.29 is 9.53 Å². The third-order valence-electron chi connectivity index (χ3n) is 4.93. The van der Waals surface area contributed by atoms with Crippen LogP contribution in [0.3, 0.4) is 0 Å². The molecule has 0 bridgehead atoms. The largest absolute Gasteiger partial charge is 0.381 e. The summed E-state index contributed by atoms with van der Waals surface area (Å²) in [6.45, 7) is 3.54. The average molecular weight is 252 g/mol. The summed E-state index contributed by atoms with van der Waals surface area (Å²) in [6, 6.07) is 0.710. The van der Waals surface area contributed by atoms with Crippen molar-refractivity contribution >= 4 is 6.03 Å². The van der Waals surface area contributed by atoms with Gasteiger partial charge in [0.05, 0.1) is 6.61 Å². The van der Waals surface area contributed by atoms with E-state index in [1.165, 1.54) is 32.1 Å². The van der Waals surface area contributed by atoms with Crippen LogP contribution in [0.25, 0.3) is 0 Å². The molecule has 4 heteroatoms. The summed E-state index contributed by atoms with van der Waals surface area (Å²) in [6.07, 6.45) is 7.39. The van der Waals surface area contributed by atoms with Crippen molar-refractivity contribution in [2.75, 3.05) is 33.4 Å². The van der Waals surface area contributed by atoms with Gasteiger partial charge in [-0.25, -0.2) is 4.79 Å². The van der Waals surface area contributed by atoms with Gasteiger partial charge in [-0.1, -0.05) is 19.3 Å². The second-order valence-corrected chi connectivity index (χ2v) is 6.34. The molecule has 2 heterocycles. The zero-order valence-corrected chi connectivity index (χ0v) is 11.4. The van der Waals surface area contributed by atoms with Crippen molar-refractivity contribution in [1.29, 1.82) is 0 Å². The lowest BCUT2D eigenvalue weighted by atomic mass is 9.79. The second-order valence-electron chi connectivity index (χ2n) is 6.34. The molecule has 1 aliphatic carbocycles. The smallest absolute Gasteiger partial charge is 0.320 e. The van der Waals surface area contributed by atoms with Gasteiger partial charge in [-0.05, 0) is 19.3 Å². The first-order valence-electron chi connectivity index (χ1n) is 7.30. The molecule has 0 aromatic rings. The van der Waals surface area contributed by atoms with E-state index >= 15 is 0 Å². The van der Waals surface area contributed by atoms with Gasteiger partial charge in [0.15, 0.2) is 0 Å². The van der Waals surface area contributed by atoms with Crippen LogP contribution in [0.5, 0.6) is 0 Å². The fraction of sp³-hybridized carbons (Fsp3) is 0.929. The van der Waals surface area contributed by atoms with E-state index in [9.17, 15) is 4.79 Å². The fourth-order valence-electron chi connectivity index (χ4n) is 3.65. The normalized spacial score (nSPS) is 27.3. The monoisotopic (exact) mass is 252 g/mol. The van der Waals surface area contributed by atoms with Gasteiger partial charge in [-0.3, -0.25) is 0 Å². The van der Waals surface area contributed by atoms with E-state index in [2.05, 4.69) is 0 Å². The highest BCUT2D eigenvalue weighted by Gasteiger charge is 2.48. The van der Waals surface area contributed by atoms with E-state index in [1.54, 1.807) is 0 Å². The van der Waals surface area contributed by atoms with E-state index in [-0.39, 0.29) is 6.03 Å². The molecule has 0 radical (unpaired) electrons. The van der Waals surface area contributed by atoms with Gasteiger partial charge in [0.2, 0.25) is 0 Å². The number of carbonyl (C=O) groups excluding carboxylic acids is 1. The predicted octanol–water partition coefficient (Wildman–Crippen LogP) is 2.09. The highest BCUT2D eigenvalue weighted by Crippen LogP contribution is 2.39. The SMILES string of the molecule is CN(C(=O)N1CC2(CCOC2)C1)C1CCCCC1. The van der Waals surface area contributed by atoms with Crippen LogP contribution in [0, 0.1) is 5.41 Å². The Balaban J connectivity index is 1.52. The summed E-state index contributed by atoms with van der Waals surface area (Å²) >= 11 is 0. The Labute approximate surface area is 109 Å². The van der Waals surface area contributed by atoms with Gasteiger partial charge in [0.1, 0.15) is 0 Å². The third-order valence-corrected chi connectivity index (χ3v) is 4.93. The summed E-state index contributed by atoms with van der Waals surface area (Å²) < 4.78 is 5.46. The number of ether oxygens (including phenoxy) is 1. The third kappa shape index (κ3) is 2.11. The fourth-order valence-corrected chi connectivity index (χ4v) is 3.65. The van der Waals surface area contributed by atoms with Crippen LogP contribution in [0.4, 0.5) is 4.79 Å². The lowest BCUT2D eigenvalue weighted by molar-refractivity contribution is 0.00586. The molecule has 0 atom stereocenters. The minimum atomic E-state index is 0.236. The average Bonchev–Trinajstić information content (AvgIpc) is 2.86. The number of hydrogen-bond donors (Lipinski definition) is 0. The maximum Gasteiger partial charge on any atom is 0.320 e. The molecule has 2 amide bonds. The van der Waals surface area contributed by atoms with E-state index < -0.39 is 0 Å². The number of urea groups is 1. The summed E-state index contributed by atoms with van der Waals surface area (Å²) in [5.74, 6) is 0. The van der Waals surface area contributed by atoms with Gasteiger partial charge < -0.3 is 14.5 Å². The molecule has 0 unspecified atom stereocenters. The molecule has 3 rings (SSSR count). The van der Waals surface area contributed by atoms with Crippen LogP contribution < -0.4 is 0 Å². The number of hydrogen-bond acceptors (Lipinski definition) is 2. The standard InChI is InChI=1S/C14H24N2O2/c1-15(12-5-3-2-4-6-12)13(17)16-9-14(10-16)7-8-18-11-14/h12H,2-11H2,1H3. The minimum absolute atomic E-state index is 0.236. The minimum Gasteiger partial charge on any atom is -0.381 e. The molecule has 4 nitrogen and oxygen atoms in total. The first kappa shape index (κ1) is 12.3. The van der Waals surface area contributed by atoms with Crippen LogP contribution >= 0.6 is 0 Å². The van der Waals surface area contributed by atoms with E-state index in [0.29, 0.717) is 11.5 Å². The molecule has 1 saturated carbocycles. The van der Waals surface area contributed by atoms with Crippen molar-refractivity contribution in [1.82, 2.24) is 9.80 Å². The van der Waals surface area contributed by atoms with Crippen LogP contribution in [-0.2, 0) is 4.74 Å². The predicted molar refractivity (Wildman–Crippen MR) is 69.5 cm³/mol. The molecule has 102 valence electrons. The highest BCUT2D eigenvalue weighted by atomic mass is 16.5. The Kier molecular flexibility index (Phi) is 3.22. The highest BCUT2D eigenvalue weighted by molar-refractivity contribution is 5.75. The Morgan fingerprint density at radius 1 is 1.28 bits per heavy atom. The Hall–Kier alpha value is -0.770. The first-order valence-corrected chi connectivity index (χ1v) is 7.30. The molecule has 3 aliphatic rings. The lowest BCUT2D eigenvalue weighted by Crippen LogP contribution is -2.62. The van der Waals surface area contributed by atoms with Gasteiger partial charge in [0.25, 0.3) is 0 Å². The van der Waals surface area contributed by atoms with Gasteiger partial charge in [-0.15, -0.1) is 0 Å². The molecule has 2 aliphatic heterocycles. The van der Waals surface area contributed by atoms with Crippen LogP contribution in [0.1, 0.15) is 38.5 Å². The molecule has 1 spiro atoms. The maximum atomic E-state index is 12.4. The van der Waals surface area contributed by atoms with Crippen molar-refractivity contribution in [3.05, 3.63) is 0 Å². The van der Waals surface area contributed by atoms with Gasteiger partial charge in [0, 0.05) is 38.2 Å². The van der Waals surface area contributed by atoms with Crippen molar-refractivity contribution in [3.8, 4) is 0 Å². The number of rotatable bonds is 1. The molecule has 0 aromatic carbocycles. The molecule has 18 heavy (non-hydrogen) atoms. The summed E-state index contributed by atoms with van der Waals surface area (Å²) in [4.78, 5) is 16.4. The van der Waals surface area contributed by atoms with E-state index in [1.807, 2.05) is 16.8 Å². The van der Waals surface area contributed by atoms with Crippen molar-refractivity contribution in [3.63, 3.8) is 0 Å². The van der Waals surface area contributed by atoms with Crippen molar-refractivity contribution in [2.24, 2.45) is 5.41 Å². The van der Waals surface area contributed by atoms with Crippen LogP contribution in [0.2, 0.25) is 0 Å². The zero-order valence-electron chi connectivity index (χ0n) is 11.4. The Bertz CT molecular complexity index is 312. The topological polar surface area (TPSA) is 32.8 Å². The molecule has 3 fully saturated rings. The number of nitrogens with zero attached hydrogens (tertiary/aromatic N) is 2. The number of likely N-dealkylation sites (tertiary alicyclic amines) is 1. The molecule has 2 saturated heterocycles. The second kappa shape index (κ2) is 4.72. The van der Waals surface area contributed by atoms with Gasteiger partial charge >= 0.3 is 6.03 Å². The lowest BCUT2D eigenvalue weighted by Gasteiger charge is -2.49. The summed E-state index contributed by atoms with van der Waals surface area (Å²) in [5, 5.41) is 0. The van der Waals surface area contributed by atoms with Crippen LogP contribution in [0.15, 0.2) is 0 Å². The molecular formula is C14H24N2O2. The summed E-state index contributed by atoms with van der Waals surface area (Å²) in [7, 11) is 1.98. The maximum absolute atomic E-state index is 12.4. The number of carbonyl (C=O) groups is 1. The number of amides is 2. The van der Waals surface area contributed by atoms with Crippen LogP contribution in [-0.4, -0.2) is 55.2 Å². The molecule has 0 N–H and O–H groups in total. The quantitative estimate of drug-likeness (QED) is 0.716. The Morgan fingerprint density at radius 3 is 2.61 bits per heavy atom. The van der Waals surface area contributed by atoms with Gasteiger partial charge in [-0.2, -0.15) is 0 Å². The van der Waals surface area contributed by atoms with Crippen molar-refractivity contribution in [2.45, 2.75) is 44.6 Å². The molecular weight excluding hydrogens is 228 g/mol. The van der Waals surface area contributed by atoms with E-state index in [0.717, 1.165) is 32.7 Å². The summed E-state index contributed by atoms with van der Waals surface area (Å²) in [5.41, 5.74) is 0.309. The first-order chi connectivity index (χ1) is 8.70. The zero-order chi connectivity index (χ0) is 12.6. The van der Waals surface area contributed by atoms with E-state index in [4.69, 9.17) is 4.74 Å².